The standard InChI is InChI=1S/C25H29ClFNO5/c1-13(16-5-4-6-19-20(16)21-22(24(30)31)23(21)33-19)32-12-15(29)11-28-25(2,3)10-14-7-8-17(26)18(27)9-14/h4-9,13,15,21-23,28-29H,10-12H2,1-3H3,(H,30,31)/t13-,15?,21+,22+,23+/m1/s1. The van der Waals surface area contributed by atoms with Crippen molar-refractivity contribution in [3.63, 3.8) is 0 Å². The van der Waals surface area contributed by atoms with Crippen LogP contribution in [0.1, 0.15) is 49.5 Å². The van der Waals surface area contributed by atoms with Crippen molar-refractivity contribution in [1.82, 2.24) is 5.32 Å². The predicted octanol–water partition coefficient (Wildman–Crippen LogP) is 4.09. The van der Waals surface area contributed by atoms with Gasteiger partial charge in [-0.1, -0.05) is 29.8 Å². The second kappa shape index (κ2) is 9.22. The molecule has 8 heteroatoms. The molecule has 1 aliphatic heterocycles. The van der Waals surface area contributed by atoms with Crippen LogP contribution in [0.15, 0.2) is 36.4 Å². The third-order valence-corrected chi connectivity index (χ3v) is 6.66. The Bertz CT molecular complexity index is 1050. The molecule has 33 heavy (non-hydrogen) atoms. The van der Waals surface area contributed by atoms with Crippen LogP contribution in [0.4, 0.5) is 4.39 Å². The molecule has 0 radical (unpaired) electrons. The maximum absolute atomic E-state index is 13.7. The van der Waals surface area contributed by atoms with Crippen molar-refractivity contribution < 1.29 is 28.9 Å². The van der Waals surface area contributed by atoms with Gasteiger partial charge in [0.05, 0.1) is 23.8 Å². The van der Waals surface area contributed by atoms with Gasteiger partial charge in [0.25, 0.3) is 0 Å². The van der Waals surface area contributed by atoms with Crippen molar-refractivity contribution in [3.8, 4) is 5.75 Å². The molecule has 2 aromatic carbocycles. The smallest absolute Gasteiger partial charge is 0.311 e. The number of rotatable bonds is 10. The number of aliphatic carboxylic acids is 1. The van der Waals surface area contributed by atoms with Crippen LogP contribution in [0.2, 0.25) is 5.02 Å². The number of hydrogen-bond donors (Lipinski definition) is 3. The Morgan fingerprint density at radius 3 is 2.79 bits per heavy atom. The number of nitrogens with one attached hydrogen (secondary N) is 1. The molecule has 1 aliphatic carbocycles. The number of carboxylic acid groups (broad SMARTS) is 1. The minimum atomic E-state index is -0.843. The number of fused-ring (bicyclic) bond motifs is 3. The first-order valence-electron chi connectivity index (χ1n) is 11.1. The summed E-state index contributed by atoms with van der Waals surface area (Å²) >= 11 is 5.75. The molecule has 6 nitrogen and oxygen atoms in total. The molecule has 0 bridgehead atoms. The summed E-state index contributed by atoms with van der Waals surface area (Å²) in [5, 5.41) is 23.2. The number of carboxylic acids is 1. The lowest BCUT2D eigenvalue weighted by molar-refractivity contribution is -0.139. The summed E-state index contributed by atoms with van der Waals surface area (Å²) < 4.78 is 25.4. The number of β-amino-alcohol motifs (C(OH)–C–C–N with tert-alkyl or cyclic N) is 1. The summed E-state index contributed by atoms with van der Waals surface area (Å²) in [5.74, 6) is -1.21. The molecule has 0 saturated heterocycles. The summed E-state index contributed by atoms with van der Waals surface area (Å²) in [5.41, 5.74) is 2.24. The molecule has 4 rings (SSSR count). The summed E-state index contributed by atoms with van der Waals surface area (Å²) in [6.45, 7) is 6.26. The van der Waals surface area contributed by atoms with E-state index in [0.29, 0.717) is 13.0 Å². The molecule has 0 aromatic heterocycles. The molecule has 3 N–H and O–H groups in total. The highest BCUT2D eigenvalue weighted by atomic mass is 35.5. The summed E-state index contributed by atoms with van der Waals surface area (Å²) in [4.78, 5) is 11.4. The molecule has 1 unspecified atom stereocenters. The Kier molecular flexibility index (Phi) is 6.69. The van der Waals surface area contributed by atoms with Gasteiger partial charge in [-0.15, -0.1) is 0 Å². The van der Waals surface area contributed by atoms with Crippen LogP contribution in [0, 0.1) is 11.7 Å². The number of aliphatic hydroxyl groups excluding tert-OH is 1. The number of hydrogen-bond acceptors (Lipinski definition) is 5. The first-order valence-corrected chi connectivity index (χ1v) is 11.5. The van der Waals surface area contributed by atoms with Gasteiger partial charge in [0.15, 0.2) is 0 Å². The van der Waals surface area contributed by atoms with Gasteiger partial charge in [-0.05, 0) is 56.5 Å². The fourth-order valence-corrected chi connectivity index (χ4v) is 4.73. The average molecular weight is 478 g/mol. The summed E-state index contributed by atoms with van der Waals surface area (Å²) in [6, 6.07) is 10.4. The molecule has 178 valence electrons. The molecule has 0 spiro atoms. The highest BCUT2D eigenvalue weighted by molar-refractivity contribution is 6.30. The van der Waals surface area contributed by atoms with Crippen LogP contribution >= 0.6 is 11.6 Å². The van der Waals surface area contributed by atoms with Crippen molar-refractivity contribution in [2.75, 3.05) is 13.2 Å². The Hall–Kier alpha value is -2.19. The normalized spacial score (nSPS) is 22.8. The lowest BCUT2D eigenvalue weighted by Gasteiger charge is -2.28. The molecule has 2 aliphatic rings. The Labute approximate surface area is 197 Å². The maximum atomic E-state index is 13.7. The number of carbonyl (C=O) groups is 1. The first kappa shape index (κ1) is 24.0. The second-order valence-electron chi connectivity index (χ2n) is 9.55. The highest BCUT2D eigenvalue weighted by Crippen LogP contribution is 2.60. The maximum Gasteiger partial charge on any atom is 0.311 e. The van der Waals surface area contributed by atoms with Crippen LogP contribution in [-0.2, 0) is 16.0 Å². The van der Waals surface area contributed by atoms with Crippen LogP contribution in [0.5, 0.6) is 5.75 Å². The van der Waals surface area contributed by atoms with Crippen molar-refractivity contribution in [3.05, 3.63) is 63.9 Å². The number of benzene rings is 2. The highest BCUT2D eigenvalue weighted by Gasteiger charge is 2.63. The first-order chi connectivity index (χ1) is 15.6. The predicted molar refractivity (Wildman–Crippen MR) is 122 cm³/mol. The van der Waals surface area contributed by atoms with E-state index in [9.17, 15) is 19.4 Å². The molecule has 1 fully saturated rings. The molecule has 5 atom stereocenters. The van der Waals surface area contributed by atoms with Crippen molar-refractivity contribution >= 4 is 17.6 Å². The van der Waals surface area contributed by atoms with E-state index in [4.69, 9.17) is 21.1 Å². The Balaban J connectivity index is 1.29. The van der Waals surface area contributed by atoms with Gasteiger partial charge >= 0.3 is 5.97 Å². The quantitative estimate of drug-likeness (QED) is 0.478. The van der Waals surface area contributed by atoms with Gasteiger partial charge < -0.3 is 25.0 Å². The fraction of sp³-hybridized carbons (Fsp3) is 0.480. The Morgan fingerprint density at radius 2 is 2.09 bits per heavy atom. The van der Waals surface area contributed by atoms with Crippen LogP contribution in [0.3, 0.4) is 0 Å². The van der Waals surface area contributed by atoms with Crippen LogP contribution in [-0.4, -0.2) is 47.1 Å². The zero-order valence-corrected chi connectivity index (χ0v) is 19.6. The molecule has 2 aromatic rings. The van der Waals surface area contributed by atoms with E-state index in [1.807, 2.05) is 39.0 Å². The van der Waals surface area contributed by atoms with Crippen molar-refractivity contribution in [1.29, 1.82) is 0 Å². The number of aliphatic hydroxyl groups is 1. The molecular weight excluding hydrogens is 449 g/mol. The van der Waals surface area contributed by atoms with E-state index in [-0.39, 0.29) is 35.3 Å². The molecular formula is C25H29ClFNO5. The fourth-order valence-electron chi connectivity index (χ4n) is 4.61. The third kappa shape index (κ3) is 5.17. The monoisotopic (exact) mass is 477 g/mol. The van der Waals surface area contributed by atoms with Gasteiger partial charge in [-0.25, -0.2) is 4.39 Å². The Morgan fingerprint density at radius 1 is 1.33 bits per heavy atom. The van der Waals surface area contributed by atoms with Gasteiger partial charge in [0.1, 0.15) is 23.6 Å². The van der Waals surface area contributed by atoms with Crippen molar-refractivity contribution in [2.45, 2.75) is 57.0 Å². The number of ether oxygens (including phenoxy) is 2. The minimum absolute atomic E-state index is 0.0949. The summed E-state index contributed by atoms with van der Waals surface area (Å²) in [6.07, 6.45) is -0.801. The van der Waals surface area contributed by atoms with E-state index in [0.717, 1.165) is 22.4 Å². The van der Waals surface area contributed by atoms with E-state index < -0.39 is 23.8 Å². The minimum Gasteiger partial charge on any atom is -0.489 e. The largest absolute Gasteiger partial charge is 0.489 e. The summed E-state index contributed by atoms with van der Waals surface area (Å²) in [7, 11) is 0. The van der Waals surface area contributed by atoms with Gasteiger partial charge in [-0.3, -0.25) is 4.79 Å². The SMILES string of the molecule is C[C@@H](OCC(O)CNC(C)(C)Cc1ccc(Cl)c(F)c1)c1cccc2c1[C@@H]1[C@H](O2)[C@H]1C(=O)O. The zero-order chi connectivity index (χ0) is 23.9. The third-order valence-electron chi connectivity index (χ3n) is 6.36. The van der Waals surface area contributed by atoms with Gasteiger partial charge in [0, 0.05) is 23.6 Å². The van der Waals surface area contributed by atoms with E-state index in [1.54, 1.807) is 12.1 Å². The lowest BCUT2D eigenvalue weighted by atomic mass is 9.94. The number of halogens is 2. The van der Waals surface area contributed by atoms with Crippen LogP contribution < -0.4 is 10.1 Å². The van der Waals surface area contributed by atoms with Crippen LogP contribution in [0.25, 0.3) is 0 Å². The van der Waals surface area contributed by atoms with E-state index in [2.05, 4.69) is 5.32 Å². The second-order valence-corrected chi connectivity index (χ2v) is 9.96. The lowest BCUT2D eigenvalue weighted by Crippen LogP contribution is -2.46. The molecule has 1 heterocycles. The van der Waals surface area contributed by atoms with Crippen molar-refractivity contribution in [2.24, 2.45) is 5.92 Å². The van der Waals surface area contributed by atoms with Gasteiger partial charge in [0.2, 0.25) is 0 Å². The van der Waals surface area contributed by atoms with Gasteiger partial charge in [-0.2, -0.15) is 0 Å². The molecule has 0 amide bonds. The topological polar surface area (TPSA) is 88.0 Å². The average Bonchev–Trinajstić information content (AvgIpc) is 3.34. The van der Waals surface area contributed by atoms with E-state index in [1.165, 1.54) is 6.07 Å². The molecule has 1 saturated carbocycles. The zero-order valence-electron chi connectivity index (χ0n) is 18.8. The van der Waals surface area contributed by atoms with E-state index >= 15 is 0 Å².